The molecule has 1 aliphatic heterocycles. The van der Waals surface area contributed by atoms with Crippen molar-refractivity contribution in [1.82, 2.24) is 9.21 Å². The zero-order chi connectivity index (χ0) is 21.9. The van der Waals surface area contributed by atoms with Gasteiger partial charge in [0, 0.05) is 25.2 Å². The van der Waals surface area contributed by atoms with E-state index in [9.17, 15) is 13.2 Å². The van der Waals surface area contributed by atoms with Crippen LogP contribution in [0.3, 0.4) is 0 Å². The number of benzene rings is 2. The Labute approximate surface area is 180 Å². The van der Waals surface area contributed by atoms with Crippen molar-refractivity contribution >= 4 is 15.9 Å². The Morgan fingerprint density at radius 3 is 2.07 bits per heavy atom. The van der Waals surface area contributed by atoms with E-state index < -0.39 is 10.0 Å². The molecular formula is C23H32N3O3S+. The summed E-state index contributed by atoms with van der Waals surface area (Å²) >= 11 is 0. The number of carbonyl (C=O) groups is 1. The first-order valence-corrected chi connectivity index (χ1v) is 11.9. The highest BCUT2D eigenvalue weighted by Gasteiger charge is 2.25. The molecule has 0 unspecified atom stereocenters. The highest BCUT2D eigenvalue weighted by atomic mass is 32.2. The largest absolute Gasteiger partial charge is 0.328 e. The van der Waals surface area contributed by atoms with E-state index >= 15 is 0 Å². The average Bonchev–Trinajstić information content (AvgIpc) is 2.74. The third-order valence-corrected chi connectivity index (χ3v) is 7.57. The van der Waals surface area contributed by atoms with E-state index in [0.717, 1.165) is 19.6 Å². The molecule has 0 bridgehead atoms. The molecule has 0 aromatic heterocycles. The fraction of sp³-hybridized carbons (Fsp3) is 0.435. The number of piperazine rings is 1. The first-order chi connectivity index (χ1) is 14.2. The van der Waals surface area contributed by atoms with Crippen molar-refractivity contribution < 1.29 is 18.1 Å². The monoisotopic (exact) mass is 430 g/mol. The number of quaternary nitrogens is 1. The lowest BCUT2D eigenvalue weighted by Crippen LogP contribution is -3.13. The zero-order valence-corrected chi connectivity index (χ0v) is 19.1. The highest BCUT2D eigenvalue weighted by molar-refractivity contribution is 7.89. The Kier molecular flexibility index (Phi) is 6.95. The molecule has 1 heterocycles. The minimum absolute atomic E-state index is 0.0378. The summed E-state index contributed by atoms with van der Waals surface area (Å²) in [4.78, 5) is 16.4. The van der Waals surface area contributed by atoms with Gasteiger partial charge in [-0.05, 0) is 35.7 Å². The number of amides is 1. The van der Waals surface area contributed by atoms with Crippen LogP contribution < -0.4 is 4.90 Å². The Bertz CT molecular complexity index is 960. The van der Waals surface area contributed by atoms with Crippen molar-refractivity contribution in [1.29, 1.82) is 0 Å². The van der Waals surface area contributed by atoms with Crippen LogP contribution in [-0.2, 0) is 16.6 Å². The van der Waals surface area contributed by atoms with Crippen molar-refractivity contribution in [3.8, 4) is 0 Å². The van der Waals surface area contributed by atoms with E-state index in [1.165, 1.54) is 46.6 Å². The van der Waals surface area contributed by atoms with E-state index in [2.05, 4.69) is 38.1 Å². The second kappa shape index (κ2) is 9.29. The van der Waals surface area contributed by atoms with Crippen LogP contribution in [0.15, 0.2) is 53.4 Å². The topological polar surface area (TPSA) is 62.1 Å². The SMILES string of the molecule is CC(C)c1ccc(C[NH+]2CCN(C(=O)c3ccc(S(=O)(=O)N(C)C)cc3)CC2)cc1. The summed E-state index contributed by atoms with van der Waals surface area (Å²) in [5.74, 6) is 0.502. The van der Waals surface area contributed by atoms with Crippen molar-refractivity contribution in [2.45, 2.75) is 31.2 Å². The molecule has 1 fully saturated rings. The van der Waals surface area contributed by atoms with Gasteiger partial charge in [-0.15, -0.1) is 0 Å². The number of rotatable bonds is 6. The minimum atomic E-state index is -3.48. The number of nitrogens with zero attached hydrogens (tertiary/aromatic N) is 2. The van der Waals surface area contributed by atoms with E-state index in [-0.39, 0.29) is 10.8 Å². The van der Waals surface area contributed by atoms with Gasteiger partial charge >= 0.3 is 0 Å². The molecule has 30 heavy (non-hydrogen) atoms. The van der Waals surface area contributed by atoms with Gasteiger partial charge in [-0.2, -0.15) is 0 Å². The van der Waals surface area contributed by atoms with Crippen LogP contribution in [0.4, 0.5) is 0 Å². The third kappa shape index (κ3) is 5.09. The zero-order valence-electron chi connectivity index (χ0n) is 18.3. The second-order valence-electron chi connectivity index (χ2n) is 8.43. The maximum absolute atomic E-state index is 12.8. The highest BCUT2D eigenvalue weighted by Crippen LogP contribution is 2.16. The molecule has 0 atom stereocenters. The lowest BCUT2D eigenvalue weighted by atomic mass is 10.0. The molecule has 1 amide bonds. The number of carbonyl (C=O) groups excluding carboxylic acids is 1. The van der Waals surface area contributed by atoms with Crippen LogP contribution in [0.2, 0.25) is 0 Å². The molecule has 6 nitrogen and oxygen atoms in total. The first-order valence-electron chi connectivity index (χ1n) is 10.4. The predicted octanol–water partition coefficient (Wildman–Crippen LogP) is 1.60. The molecule has 7 heteroatoms. The standard InChI is InChI=1S/C23H31N3O3S/c1-18(2)20-7-5-19(6-8-20)17-25-13-15-26(16-14-25)23(27)21-9-11-22(12-10-21)30(28,29)24(3)4/h5-12,18H,13-17H2,1-4H3/p+1. The summed E-state index contributed by atoms with van der Waals surface area (Å²) in [5, 5.41) is 0. The van der Waals surface area contributed by atoms with Crippen molar-refractivity contribution in [3.63, 3.8) is 0 Å². The third-order valence-electron chi connectivity index (χ3n) is 5.74. The minimum Gasteiger partial charge on any atom is -0.328 e. The number of hydrogen-bond donors (Lipinski definition) is 1. The summed E-state index contributed by atoms with van der Waals surface area (Å²) in [6.07, 6.45) is 0. The van der Waals surface area contributed by atoms with Crippen LogP contribution >= 0.6 is 0 Å². The molecule has 0 radical (unpaired) electrons. The van der Waals surface area contributed by atoms with Crippen molar-refractivity contribution in [3.05, 3.63) is 65.2 Å². The van der Waals surface area contributed by atoms with Crippen LogP contribution in [0.1, 0.15) is 41.3 Å². The molecule has 3 rings (SSSR count). The summed E-state index contributed by atoms with van der Waals surface area (Å²) < 4.78 is 25.5. The van der Waals surface area contributed by atoms with Gasteiger partial charge in [0.15, 0.2) is 0 Å². The van der Waals surface area contributed by atoms with Crippen molar-refractivity contribution in [2.24, 2.45) is 0 Å². The maximum Gasteiger partial charge on any atom is 0.254 e. The Balaban J connectivity index is 1.56. The van der Waals surface area contributed by atoms with E-state index in [1.807, 2.05) is 4.90 Å². The first kappa shape index (κ1) is 22.5. The Morgan fingerprint density at radius 2 is 1.57 bits per heavy atom. The Hall–Kier alpha value is -2.22. The van der Waals surface area contributed by atoms with E-state index in [0.29, 0.717) is 24.6 Å². The number of sulfonamides is 1. The summed E-state index contributed by atoms with van der Waals surface area (Å²) in [6, 6.07) is 15.1. The molecule has 0 saturated carbocycles. The van der Waals surface area contributed by atoms with Gasteiger partial charge < -0.3 is 9.80 Å². The van der Waals surface area contributed by atoms with E-state index in [4.69, 9.17) is 0 Å². The van der Waals surface area contributed by atoms with Gasteiger partial charge in [0.25, 0.3) is 5.91 Å². The fourth-order valence-electron chi connectivity index (χ4n) is 3.67. The smallest absolute Gasteiger partial charge is 0.254 e. The van der Waals surface area contributed by atoms with Gasteiger partial charge in [0.2, 0.25) is 10.0 Å². The molecule has 2 aromatic carbocycles. The maximum atomic E-state index is 12.8. The molecule has 2 aromatic rings. The molecule has 0 aliphatic carbocycles. The predicted molar refractivity (Wildman–Crippen MR) is 118 cm³/mol. The number of nitrogens with one attached hydrogen (secondary N) is 1. The van der Waals surface area contributed by atoms with Gasteiger partial charge in [0.05, 0.1) is 31.1 Å². The summed E-state index contributed by atoms with van der Waals surface area (Å²) in [7, 11) is -0.494. The molecule has 0 spiro atoms. The molecule has 1 aliphatic rings. The molecule has 1 saturated heterocycles. The Morgan fingerprint density at radius 1 is 1.00 bits per heavy atom. The van der Waals surface area contributed by atoms with Gasteiger partial charge in [0.1, 0.15) is 6.54 Å². The molecule has 162 valence electrons. The van der Waals surface area contributed by atoms with Gasteiger partial charge in [-0.25, -0.2) is 12.7 Å². The average molecular weight is 431 g/mol. The van der Waals surface area contributed by atoms with Crippen LogP contribution in [0.5, 0.6) is 0 Å². The lowest BCUT2D eigenvalue weighted by Gasteiger charge is -2.32. The van der Waals surface area contributed by atoms with Crippen LogP contribution in [-0.4, -0.2) is 63.8 Å². The van der Waals surface area contributed by atoms with Gasteiger partial charge in [-0.3, -0.25) is 4.79 Å². The van der Waals surface area contributed by atoms with E-state index in [1.54, 1.807) is 12.1 Å². The lowest BCUT2D eigenvalue weighted by molar-refractivity contribution is -0.917. The summed E-state index contributed by atoms with van der Waals surface area (Å²) in [5.41, 5.74) is 3.21. The van der Waals surface area contributed by atoms with Gasteiger partial charge in [-0.1, -0.05) is 38.1 Å². The van der Waals surface area contributed by atoms with Crippen LogP contribution in [0.25, 0.3) is 0 Å². The quantitative estimate of drug-likeness (QED) is 0.757. The van der Waals surface area contributed by atoms with Crippen LogP contribution in [0, 0.1) is 0 Å². The fourth-order valence-corrected chi connectivity index (χ4v) is 4.58. The normalized spacial score (nSPS) is 15.7. The second-order valence-corrected chi connectivity index (χ2v) is 10.6. The van der Waals surface area contributed by atoms with Crippen molar-refractivity contribution in [2.75, 3.05) is 40.3 Å². The molecular weight excluding hydrogens is 398 g/mol. The number of hydrogen-bond acceptors (Lipinski definition) is 3. The summed E-state index contributed by atoms with van der Waals surface area (Å²) in [6.45, 7) is 8.59. The molecule has 1 N–H and O–H groups in total.